The van der Waals surface area contributed by atoms with Gasteiger partial charge in [-0.15, -0.1) is 0 Å². The summed E-state index contributed by atoms with van der Waals surface area (Å²) in [6.07, 6.45) is 8.30. The van der Waals surface area contributed by atoms with Crippen LogP contribution in [0, 0.1) is 0 Å². The number of aromatic nitrogens is 3. The molecule has 16 heavy (non-hydrogen) atoms. The van der Waals surface area contributed by atoms with Gasteiger partial charge in [0.15, 0.2) is 0 Å². The van der Waals surface area contributed by atoms with Crippen LogP contribution in [-0.4, -0.2) is 21.3 Å². The fraction of sp³-hybridized carbons (Fsp3) is 0.455. The second-order valence-electron chi connectivity index (χ2n) is 3.68. The van der Waals surface area contributed by atoms with Crippen molar-refractivity contribution in [1.82, 2.24) is 20.0 Å². The summed E-state index contributed by atoms with van der Waals surface area (Å²) < 4.78 is 6.89. The first-order valence-electron chi connectivity index (χ1n) is 5.49. The van der Waals surface area contributed by atoms with Crippen LogP contribution in [0.5, 0.6) is 0 Å². The quantitative estimate of drug-likeness (QED) is 0.748. The lowest BCUT2D eigenvalue weighted by Gasteiger charge is -2.06. The van der Waals surface area contributed by atoms with E-state index in [0.717, 1.165) is 37.4 Å². The molecule has 0 aliphatic carbocycles. The van der Waals surface area contributed by atoms with Crippen molar-refractivity contribution >= 4 is 0 Å². The summed E-state index contributed by atoms with van der Waals surface area (Å²) >= 11 is 0. The molecule has 0 amide bonds. The van der Waals surface area contributed by atoms with Gasteiger partial charge in [-0.05, 0) is 13.0 Å². The minimum atomic E-state index is 0.757. The molecule has 0 aliphatic heterocycles. The Labute approximate surface area is 94.5 Å². The zero-order chi connectivity index (χ0) is 11.2. The average Bonchev–Trinajstić information content (AvgIpc) is 2.92. The largest absolute Gasteiger partial charge is 0.364 e. The number of imidazole rings is 1. The molecule has 0 unspecified atom stereocenters. The van der Waals surface area contributed by atoms with Gasteiger partial charge >= 0.3 is 0 Å². The van der Waals surface area contributed by atoms with Crippen molar-refractivity contribution in [1.29, 1.82) is 0 Å². The van der Waals surface area contributed by atoms with Crippen molar-refractivity contribution in [3.05, 3.63) is 36.2 Å². The second kappa shape index (κ2) is 5.46. The lowest BCUT2D eigenvalue weighted by molar-refractivity contribution is 0.418. The van der Waals surface area contributed by atoms with E-state index in [4.69, 9.17) is 4.52 Å². The minimum absolute atomic E-state index is 0.757. The van der Waals surface area contributed by atoms with E-state index in [1.54, 1.807) is 12.5 Å². The number of nitrogens with one attached hydrogen (secondary N) is 1. The highest BCUT2D eigenvalue weighted by Gasteiger charge is 2.03. The molecule has 0 fully saturated rings. The van der Waals surface area contributed by atoms with E-state index in [1.165, 1.54) is 0 Å². The Morgan fingerprint density at radius 3 is 3.19 bits per heavy atom. The molecular formula is C11H16N4O. The molecule has 0 aromatic carbocycles. The Bertz CT molecular complexity index is 407. The van der Waals surface area contributed by atoms with Crippen molar-refractivity contribution in [3.8, 4) is 0 Å². The highest BCUT2D eigenvalue weighted by atomic mass is 16.5. The standard InChI is InChI=1S/C11H16N4O/c1-2-3-12-7-11-13-4-5-15(11)8-10-6-14-16-9-10/h4-6,9,12H,2-3,7-8H2,1H3. The van der Waals surface area contributed by atoms with Gasteiger partial charge in [-0.1, -0.05) is 12.1 Å². The van der Waals surface area contributed by atoms with Crippen molar-refractivity contribution in [2.24, 2.45) is 0 Å². The molecule has 86 valence electrons. The number of rotatable bonds is 6. The zero-order valence-corrected chi connectivity index (χ0v) is 9.39. The Morgan fingerprint density at radius 2 is 2.44 bits per heavy atom. The Morgan fingerprint density at radius 1 is 1.50 bits per heavy atom. The number of hydrogen-bond acceptors (Lipinski definition) is 4. The first-order valence-corrected chi connectivity index (χ1v) is 5.49. The molecule has 0 spiro atoms. The molecule has 0 saturated heterocycles. The van der Waals surface area contributed by atoms with Gasteiger partial charge in [0, 0.05) is 18.0 Å². The van der Waals surface area contributed by atoms with Gasteiger partial charge in [0.1, 0.15) is 12.1 Å². The predicted octanol–water partition coefficient (Wildman–Crippen LogP) is 1.42. The maximum absolute atomic E-state index is 4.80. The van der Waals surface area contributed by atoms with Crippen molar-refractivity contribution in [2.75, 3.05) is 6.54 Å². The third-order valence-electron chi connectivity index (χ3n) is 2.35. The van der Waals surface area contributed by atoms with Gasteiger partial charge < -0.3 is 14.4 Å². The number of nitrogens with zero attached hydrogens (tertiary/aromatic N) is 3. The molecule has 0 saturated carbocycles. The molecule has 1 N–H and O–H groups in total. The molecule has 2 aromatic rings. The highest BCUT2D eigenvalue weighted by Crippen LogP contribution is 2.04. The summed E-state index contributed by atoms with van der Waals surface area (Å²) in [5.41, 5.74) is 1.05. The molecule has 0 radical (unpaired) electrons. The van der Waals surface area contributed by atoms with Crippen LogP contribution in [0.2, 0.25) is 0 Å². The van der Waals surface area contributed by atoms with Crippen LogP contribution in [0.4, 0.5) is 0 Å². The van der Waals surface area contributed by atoms with Gasteiger partial charge in [-0.25, -0.2) is 4.98 Å². The van der Waals surface area contributed by atoms with E-state index in [9.17, 15) is 0 Å². The first kappa shape index (κ1) is 10.9. The molecule has 0 atom stereocenters. The molecule has 2 aromatic heterocycles. The van der Waals surface area contributed by atoms with Crippen LogP contribution in [0.15, 0.2) is 29.4 Å². The van der Waals surface area contributed by atoms with Crippen LogP contribution in [0.1, 0.15) is 24.7 Å². The lowest BCUT2D eigenvalue weighted by Crippen LogP contribution is -2.17. The van der Waals surface area contributed by atoms with Crippen LogP contribution < -0.4 is 5.32 Å². The molecule has 5 heteroatoms. The fourth-order valence-corrected chi connectivity index (χ4v) is 1.53. The van der Waals surface area contributed by atoms with E-state index in [-0.39, 0.29) is 0 Å². The van der Waals surface area contributed by atoms with E-state index >= 15 is 0 Å². The van der Waals surface area contributed by atoms with Crippen LogP contribution >= 0.6 is 0 Å². The van der Waals surface area contributed by atoms with Gasteiger partial charge in [0.25, 0.3) is 0 Å². The van der Waals surface area contributed by atoms with E-state index in [1.807, 2.05) is 12.4 Å². The smallest absolute Gasteiger partial charge is 0.128 e. The van der Waals surface area contributed by atoms with Crippen LogP contribution in [-0.2, 0) is 13.1 Å². The summed E-state index contributed by atoms with van der Waals surface area (Å²) in [5.74, 6) is 1.04. The van der Waals surface area contributed by atoms with Gasteiger partial charge in [-0.2, -0.15) is 0 Å². The van der Waals surface area contributed by atoms with Gasteiger partial charge in [-0.3, -0.25) is 0 Å². The summed E-state index contributed by atoms with van der Waals surface area (Å²) in [4.78, 5) is 4.32. The lowest BCUT2D eigenvalue weighted by atomic mass is 10.3. The van der Waals surface area contributed by atoms with E-state index in [0.29, 0.717) is 0 Å². The molecular weight excluding hydrogens is 204 g/mol. The third kappa shape index (κ3) is 2.70. The SMILES string of the molecule is CCCNCc1nccn1Cc1cnoc1. The maximum Gasteiger partial charge on any atom is 0.128 e. The zero-order valence-electron chi connectivity index (χ0n) is 9.39. The minimum Gasteiger partial charge on any atom is -0.364 e. The third-order valence-corrected chi connectivity index (χ3v) is 2.35. The number of hydrogen-bond donors (Lipinski definition) is 1. The van der Waals surface area contributed by atoms with Gasteiger partial charge in [0.2, 0.25) is 0 Å². The van der Waals surface area contributed by atoms with Crippen molar-refractivity contribution in [3.63, 3.8) is 0 Å². The second-order valence-corrected chi connectivity index (χ2v) is 3.68. The predicted molar refractivity (Wildman–Crippen MR) is 59.8 cm³/mol. The fourth-order valence-electron chi connectivity index (χ4n) is 1.53. The topological polar surface area (TPSA) is 55.9 Å². The summed E-state index contributed by atoms with van der Waals surface area (Å²) in [7, 11) is 0. The Kier molecular flexibility index (Phi) is 3.71. The first-order chi connectivity index (χ1) is 7.90. The Hall–Kier alpha value is -1.62. The van der Waals surface area contributed by atoms with Gasteiger partial charge in [0.05, 0.1) is 19.3 Å². The van der Waals surface area contributed by atoms with E-state index in [2.05, 4.69) is 26.9 Å². The molecule has 5 nitrogen and oxygen atoms in total. The average molecular weight is 220 g/mol. The van der Waals surface area contributed by atoms with Crippen molar-refractivity contribution in [2.45, 2.75) is 26.4 Å². The molecule has 2 rings (SSSR count). The Balaban J connectivity index is 1.96. The van der Waals surface area contributed by atoms with Crippen molar-refractivity contribution < 1.29 is 4.52 Å². The molecule has 0 aliphatic rings. The molecule has 0 bridgehead atoms. The summed E-state index contributed by atoms with van der Waals surface area (Å²) in [6, 6.07) is 0. The van der Waals surface area contributed by atoms with E-state index < -0.39 is 0 Å². The summed E-state index contributed by atoms with van der Waals surface area (Å²) in [6.45, 7) is 4.72. The highest BCUT2D eigenvalue weighted by molar-refractivity contribution is 5.04. The summed E-state index contributed by atoms with van der Waals surface area (Å²) in [5, 5.41) is 7.02. The normalized spacial score (nSPS) is 10.8. The molecule has 2 heterocycles. The maximum atomic E-state index is 4.80. The monoisotopic (exact) mass is 220 g/mol. The van der Waals surface area contributed by atoms with Crippen LogP contribution in [0.25, 0.3) is 0 Å². The van der Waals surface area contributed by atoms with Crippen LogP contribution in [0.3, 0.4) is 0 Å².